The molecule has 5 heteroatoms. The van der Waals surface area contributed by atoms with Crippen LogP contribution in [-0.4, -0.2) is 18.5 Å². The van der Waals surface area contributed by atoms with Crippen LogP contribution in [0, 0.1) is 11.3 Å². The van der Waals surface area contributed by atoms with Gasteiger partial charge in [0.2, 0.25) is 5.91 Å². The fourth-order valence-corrected chi connectivity index (χ4v) is 3.10. The zero-order valence-electron chi connectivity index (χ0n) is 13.5. The highest BCUT2D eigenvalue weighted by molar-refractivity contribution is 7.10. The third-order valence-corrected chi connectivity index (χ3v) is 4.26. The molecule has 0 aliphatic heterocycles. The molecule has 0 fully saturated rings. The standard InChI is InChI=1S/C16H25NO3S/c1-6-11-8-9-21-12(11)10-17-14(18)13(16(3,4)5)15(19)20-7-2/h8-9,13H,6-7,10H2,1-5H3,(H,17,18). The first kappa shape index (κ1) is 17.7. The Balaban J connectivity index is 2.76. The van der Waals surface area contributed by atoms with E-state index in [9.17, 15) is 9.59 Å². The molecule has 4 nitrogen and oxygen atoms in total. The second kappa shape index (κ2) is 7.59. The quantitative estimate of drug-likeness (QED) is 0.648. The van der Waals surface area contributed by atoms with Crippen molar-refractivity contribution in [2.45, 2.75) is 47.6 Å². The van der Waals surface area contributed by atoms with Gasteiger partial charge in [0.25, 0.3) is 0 Å². The van der Waals surface area contributed by atoms with E-state index in [4.69, 9.17) is 4.74 Å². The number of hydrogen-bond donors (Lipinski definition) is 1. The molecular formula is C16H25NO3S. The number of aryl methyl sites for hydroxylation is 1. The maximum Gasteiger partial charge on any atom is 0.319 e. The Bertz CT molecular complexity index is 488. The highest BCUT2D eigenvalue weighted by atomic mass is 32.1. The lowest BCUT2D eigenvalue weighted by molar-refractivity contribution is -0.156. The highest BCUT2D eigenvalue weighted by Crippen LogP contribution is 2.27. The monoisotopic (exact) mass is 311 g/mol. The smallest absolute Gasteiger partial charge is 0.319 e. The molecule has 0 aliphatic rings. The van der Waals surface area contributed by atoms with Crippen LogP contribution in [0.5, 0.6) is 0 Å². The van der Waals surface area contributed by atoms with Gasteiger partial charge in [-0.1, -0.05) is 27.7 Å². The molecule has 1 rings (SSSR count). The Kier molecular flexibility index (Phi) is 6.40. The summed E-state index contributed by atoms with van der Waals surface area (Å²) < 4.78 is 5.04. The number of nitrogens with one attached hydrogen (secondary N) is 1. The van der Waals surface area contributed by atoms with Gasteiger partial charge in [0, 0.05) is 4.88 Å². The molecule has 1 atom stereocenters. The fraction of sp³-hybridized carbons (Fsp3) is 0.625. The number of amides is 1. The number of carbonyl (C=O) groups is 2. The maximum atomic E-state index is 12.4. The molecule has 1 aromatic rings. The lowest BCUT2D eigenvalue weighted by atomic mass is 9.80. The van der Waals surface area contributed by atoms with Gasteiger partial charge in [-0.05, 0) is 35.8 Å². The van der Waals surface area contributed by atoms with Gasteiger partial charge in [-0.2, -0.15) is 0 Å². The summed E-state index contributed by atoms with van der Waals surface area (Å²) in [5.41, 5.74) is 0.767. The summed E-state index contributed by atoms with van der Waals surface area (Å²) in [6.45, 7) is 10.2. The summed E-state index contributed by atoms with van der Waals surface area (Å²) in [6, 6.07) is 2.07. The van der Waals surface area contributed by atoms with Crippen LogP contribution in [0.15, 0.2) is 11.4 Å². The minimum absolute atomic E-state index is 0.267. The number of ether oxygens (including phenoxy) is 1. The van der Waals surface area contributed by atoms with Gasteiger partial charge in [0.15, 0.2) is 0 Å². The van der Waals surface area contributed by atoms with Crippen LogP contribution in [0.4, 0.5) is 0 Å². The highest BCUT2D eigenvalue weighted by Gasteiger charge is 2.38. The SMILES string of the molecule is CCOC(=O)C(C(=O)NCc1sccc1CC)C(C)(C)C. The number of esters is 1. The molecule has 0 aromatic carbocycles. The molecule has 1 aromatic heterocycles. The zero-order valence-corrected chi connectivity index (χ0v) is 14.3. The molecule has 0 aliphatic carbocycles. The molecular weight excluding hydrogens is 286 g/mol. The van der Waals surface area contributed by atoms with Crippen molar-refractivity contribution in [2.24, 2.45) is 11.3 Å². The molecule has 1 N–H and O–H groups in total. The van der Waals surface area contributed by atoms with Crippen molar-refractivity contribution in [1.82, 2.24) is 5.32 Å². The van der Waals surface area contributed by atoms with E-state index in [0.717, 1.165) is 11.3 Å². The average molecular weight is 311 g/mol. The van der Waals surface area contributed by atoms with Crippen LogP contribution in [0.25, 0.3) is 0 Å². The molecule has 21 heavy (non-hydrogen) atoms. The predicted molar refractivity (Wildman–Crippen MR) is 85.1 cm³/mol. The maximum absolute atomic E-state index is 12.4. The van der Waals surface area contributed by atoms with E-state index in [0.29, 0.717) is 6.54 Å². The van der Waals surface area contributed by atoms with Crippen molar-refractivity contribution in [3.05, 3.63) is 21.9 Å². The Morgan fingerprint density at radius 3 is 2.52 bits per heavy atom. The van der Waals surface area contributed by atoms with E-state index in [-0.39, 0.29) is 12.5 Å². The zero-order chi connectivity index (χ0) is 16.0. The van der Waals surface area contributed by atoms with Crippen LogP contribution >= 0.6 is 11.3 Å². The third kappa shape index (κ3) is 4.84. The van der Waals surface area contributed by atoms with Crippen LogP contribution in [0.1, 0.15) is 45.1 Å². The molecule has 0 saturated heterocycles. The van der Waals surface area contributed by atoms with Gasteiger partial charge in [0.1, 0.15) is 5.92 Å². The normalized spacial score (nSPS) is 12.8. The van der Waals surface area contributed by atoms with Crippen LogP contribution < -0.4 is 5.32 Å². The number of thiophene rings is 1. The Hall–Kier alpha value is -1.36. The summed E-state index contributed by atoms with van der Waals surface area (Å²) in [6.07, 6.45) is 0.940. The van der Waals surface area contributed by atoms with Gasteiger partial charge >= 0.3 is 5.97 Å². The molecule has 0 bridgehead atoms. The summed E-state index contributed by atoms with van der Waals surface area (Å²) in [4.78, 5) is 25.6. The first-order valence-corrected chi connectivity index (χ1v) is 8.18. The van der Waals surface area contributed by atoms with E-state index >= 15 is 0 Å². The minimum atomic E-state index is -0.789. The van der Waals surface area contributed by atoms with Crippen molar-refractivity contribution in [3.63, 3.8) is 0 Å². The second-order valence-electron chi connectivity index (χ2n) is 5.99. The van der Waals surface area contributed by atoms with Gasteiger partial charge < -0.3 is 10.1 Å². The lowest BCUT2D eigenvalue weighted by Gasteiger charge is -2.27. The summed E-state index contributed by atoms with van der Waals surface area (Å²) in [5.74, 6) is -1.51. The van der Waals surface area contributed by atoms with Crippen LogP contribution in [0.3, 0.4) is 0 Å². The molecule has 0 radical (unpaired) electrons. The summed E-state index contributed by atoms with van der Waals surface area (Å²) in [5, 5.41) is 4.90. The largest absolute Gasteiger partial charge is 0.465 e. The van der Waals surface area contributed by atoms with Gasteiger partial charge in [-0.3, -0.25) is 9.59 Å². The predicted octanol–water partition coefficient (Wildman–Crippen LogP) is 3.15. The summed E-state index contributed by atoms with van der Waals surface area (Å²) in [7, 11) is 0. The lowest BCUT2D eigenvalue weighted by Crippen LogP contribution is -2.43. The van der Waals surface area contributed by atoms with Gasteiger partial charge in [-0.25, -0.2) is 0 Å². The van der Waals surface area contributed by atoms with E-state index in [1.807, 2.05) is 26.2 Å². The summed E-state index contributed by atoms with van der Waals surface area (Å²) >= 11 is 1.62. The fourth-order valence-electron chi connectivity index (χ4n) is 2.19. The third-order valence-electron chi connectivity index (χ3n) is 3.29. The minimum Gasteiger partial charge on any atom is -0.465 e. The number of hydrogen-bond acceptors (Lipinski definition) is 4. The number of carbonyl (C=O) groups excluding carboxylic acids is 2. The van der Waals surface area contributed by atoms with Crippen molar-refractivity contribution in [3.8, 4) is 0 Å². The molecule has 0 saturated carbocycles. The van der Waals surface area contributed by atoms with Gasteiger partial charge in [0.05, 0.1) is 13.2 Å². The van der Waals surface area contributed by atoms with Crippen molar-refractivity contribution in [1.29, 1.82) is 0 Å². The van der Waals surface area contributed by atoms with Gasteiger partial charge in [-0.15, -0.1) is 11.3 Å². The van der Waals surface area contributed by atoms with E-state index in [2.05, 4.69) is 18.3 Å². The number of rotatable bonds is 6. The Morgan fingerprint density at radius 2 is 2.00 bits per heavy atom. The second-order valence-corrected chi connectivity index (χ2v) is 6.99. The Morgan fingerprint density at radius 1 is 1.33 bits per heavy atom. The van der Waals surface area contributed by atoms with E-state index < -0.39 is 17.3 Å². The van der Waals surface area contributed by atoms with Crippen molar-refractivity contribution >= 4 is 23.2 Å². The van der Waals surface area contributed by atoms with Crippen LogP contribution in [-0.2, 0) is 27.3 Å². The van der Waals surface area contributed by atoms with E-state index in [1.54, 1.807) is 18.3 Å². The van der Waals surface area contributed by atoms with Crippen molar-refractivity contribution < 1.29 is 14.3 Å². The molecule has 1 heterocycles. The van der Waals surface area contributed by atoms with Crippen molar-refractivity contribution in [2.75, 3.05) is 6.61 Å². The first-order valence-electron chi connectivity index (χ1n) is 7.30. The Labute approximate surface area is 130 Å². The molecule has 118 valence electrons. The van der Waals surface area contributed by atoms with Crippen LogP contribution in [0.2, 0.25) is 0 Å². The molecule has 1 amide bonds. The van der Waals surface area contributed by atoms with E-state index in [1.165, 1.54) is 5.56 Å². The average Bonchev–Trinajstić information content (AvgIpc) is 2.82. The molecule has 0 spiro atoms. The topological polar surface area (TPSA) is 55.4 Å². The first-order chi connectivity index (χ1) is 9.81. The molecule has 1 unspecified atom stereocenters.